The lowest BCUT2D eigenvalue weighted by Gasteiger charge is -2.31. The summed E-state index contributed by atoms with van der Waals surface area (Å²) in [5, 5.41) is 3.68. The van der Waals surface area contributed by atoms with Gasteiger partial charge in [-0.3, -0.25) is 0 Å². The van der Waals surface area contributed by atoms with Crippen LogP contribution in [-0.4, -0.2) is 37.7 Å². The molecule has 1 unspecified atom stereocenters. The van der Waals surface area contributed by atoms with Crippen molar-refractivity contribution in [3.8, 4) is 0 Å². The smallest absolute Gasteiger partial charge is 0.0938 e. The first kappa shape index (κ1) is 19.3. The van der Waals surface area contributed by atoms with Gasteiger partial charge < -0.3 is 15.0 Å². The van der Waals surface area contributed by atoms with E-state index in [0.29, 0.717) is 17.9 Å². The molecule has 2 atom stereocenters. The number of hydrogen-bond acceptors (Lipinski definition) is 3. The SMILES string of the molecule is C=C(N[C@H](CCC)CC1CCCCCOC1)N(C)CC(C)C. The van der Waals surface area contributed by atoms with Crippen LogP contribution in [0.1, 0.15) is 65.7 Å². The minimum absolute atomic E-state index is 0.528. The van der Waals surface area contributed by atoms with Crippen molar-refractivity contribution >= 4 is 0 Å². The molecule has 1 saturated heterocycles. The maximum Gasteiger partial charge on any atom is 0.0938 e. The van der Waals surface area contributed by atoms with Crippen molar-refractivity contribution in [3.63, 3.8) is 0 Å². The van der Waals surface area contributed by atoms with Crippen LogP contribution in [0.3, 0.4) is 0 Å². The Morgan fingerprint density at radius 1 is 1.32 bits per heavy atom. The predicted octanol–water partition coefficient (Wildman–Crippen LogP) is 4.40. The fourth-order valence-corrected chi connectivity index (χ4v) is 3.34. The van der Waals surface area contributed by atoms with Crippen molar-refractivity contribution in [3.05, 3.63) is 12.4 Å². The Labute approximate surface area is 138 Å². The van der Waals surface area contributed by atoms with E-state index in [2.05, 4.69) is 44.6 Å². The minimum atomic E-state index is 0.528. The Balaban J connectivity index is 2.47. The van der Waals surface area contributed by atoms with Gasteiger partial charge in [-0.05, 0) is 37.5 Å². The first-order valence-electron chi connectivity index (χ1n) is 9.27. The van der Waals surface area contributed by atoms with Crippen molar-refractivity contribution in [2.24, 2.45) is 11.8 Å². The van der Waals surface area contributed by atoms with E-state index in [9.17, 15) is 0 Å². The van der Waals surface area contributed by atoms with E-state index in [1.807, 2.05) is 0 Å². The average Bonchev–Trinajstić information content (AvgIpc) is 2.41. The molecule has 0 aromatic rings. The van der Waals surface area contributed by atoms with Crippen LogP contribution in [0.2, 0.25) is 0 Å². The van der Waals surface area contributed by atoms with Gasteiger partial charge in [0.2, 0.25) is 0 Å². The molecule has 0 aromatic heterocycles. The van der Waals surface area contributed by atoms with Crippen LogP contribution in [0.4, 0.5) is 0 Å². The molecule has 0 aliphatic carbocycles. The Morgan fingerprint density at radius 3 is 2.77 bits per heavy atom. The lowest BCUT2D eigenvalue weighted by atomic mass is 9.92. The Bertz CT molecular complexity index is 296. The molecule has 1 N–H and O–H groups in total. The molecule has 1 rings (SSSR count). The highest BCUT2D eigenvalue weighted by atomic mass is 16.5. The highest BCUT2D eigenvalue weighted by Crippen LogP contribution is 2.21. The van der Waals surface area contributed by atoms with Crippen LogP contribution >= 0.6 is 0 Å². The van der Waals surface area contributed by atoms with Crippen LogP contribution < -0.4 is 5.32 Å². The largest absolute Gasteiger partial charge is 0.381 e. The van der Waals surface area contributed by atoms with E-state index in [1.165, 1.54) is 44.9 Å². The molecule has 1 heterocycles. The summed E-state index contributed by atoms with van der Waals surface area (Å²) in [4.78, 5) is 2.25. The van der Waals surface area contributed by atoms with Crippen LogP contribution in [-0.2, 0) is 4.74 Å². The second kappa shape index (κ2) is 10.9. The van der Waals surface area contributed by atoms with Crippen LogP contribution in [0.15, 0.2) is 12.4 Å². The van der Waals surface area contributed by atoms with Crippen LogP contribution in [0, 0.1) is 11.8 Å². The van der Waals surface area contributed by atoms with Gasteiger partial charge in [0, 0.05) is 32.8 Å². The summed E-state index contributed by atoms with van der Waals surface area (Å²) < 4.78 is 5.81. The maximum absolute atomic E-state index is 5.81. The summed E-state index contributed by atoms with van der Waals surface area (Å²) in [6.45, 7) is 14.0. The van der Waals surface area contributed by atoms with E-state index >= 15 is 0 Å². The number of nitrogens with one attached hydrogen (secondary N) is 1. The molecule has 1 aliphatic rings. The second-order valence-electron chi connectivity index (χ2n) is 7.38. The van der Waals surface area contributed by atoms with Crippen molar-refractivity contribution in [2.45, 2.75) is 71.8 Å². The van der Waals surface area contributed by atoms with Gasteiger partial charge in [-0.2, -0.15) is 0 Å². The number of rotatable bonds is 9. The van der Waals surface area contributed by atoms with E-state index < -0.39 is 0 Å². The monoisotopic (exact) mass is 310 g/mol. The Hall–Kier alpha value is -0.700. The van der Waals surface area contributed by atoms with Crippen molar-refractivity contribution in [1.82, 2.24) is 10.2 Å². The van der Waals surface area contributed by atoms with Crippen molar-refractivity contribution < 1.29 is 4.74 Å². The van der Waals surface area contributed by atoms with Gasteiger partial charge in [0.25, 0.3) is 0 Å². The molecular weight excluding hydrogens is 272 g/mol. The standard InChI is InChI=1S/C19H38N2O/c1-6-10-19(20-17(4)21(5)14-16(2)3)13-18-11-8-7-9-12-22-15-18/h16,18-20H,4,6-15H2,1-3,5H3/t18?,19-/m1/s1. The van der Waals surface area contributed by atoms with E-state index in [1.54, 1.807) is 0 Å². The topological polar surface area (TPSA) is 24.5 Å². The molecule has 130 valence electrons. The zero-order chi connectivity index (χ0) is 16.4. The first-order chi connectivity index (χ1) is 10.5. The minimum Gasteiger partial charge on any atom is -0.381 e. The molecule has 0 spiro atoms. The molecule has 1 aliphatic heterocycles. The predicted molar refractivity (Wildman–Crippen MR) is 95.8 cm³/mol. The third kappa shape index (κ3) is 8.07. The van der Waals surface area contributed by atoms with Crippen LogP contribution in [0.25, 0.3) is 0 Å². The summed E-state index contributed by atoms with van der Waals surface area (Å²) in [6, 6.07) is 0.528. The van der Waals surface area contributed by atoms with Crippen LogP contribution in [0.5, 0.6) is 0 Å². The Morgan fingerprint density at radius 2 is 2.09 bits per heavy atom. The Kier molecular flexibility index (Phi) is 9.61. The van der Waals surface area contributed by atoms with E-state index in [-0.39, 0.29) is 0 Å². The molecule has 0 radical (unpaired) electrons. The summed E-state index contributed by atoms with van der Waals surface area (Å²) in [5.74, 6) is 2.43. The van der Waals surface area contributed by atoms with Crippen molar-refractivity contribution in [2.75, 3.05) is 26.8 Å². The summed E-state index contributed by atoms with van der Waals surface area (Å²) in [7, 11) is 2.14. The molecule has 0 saturated carbocycles. The second-order valence-corrected chi connectivity index (χ2v) is 7.38. The lowest BCUT2D eigenvalue weighted by molar-refractivity contribution is 0.0732. The van der Waals surface area contributed by atoms with E-state index in [0.717, 1.165) is 25.6 Å². The number of nitrogens with zero attached hydrogens (tertiary/aromatic N) is 1. The van der Waals surface area contributed by atoms with Crippen molar-refractivity contribution in [1.29, 1.82) is 0 Å². The summed E-state index contributed by atoms with van der Waals surface area (Å²) in [6.07, 6.45) is 8.88. The molecular formula is C19H38N2O. The van der Waals surface area contributed by atoms with Gasteiger partial charge in [-0.25, -0.2) is 0 Å². The first-order valence-corrected chi connectivity index (χ1v) is 9.27. The summed E-state index contributed by atoms with van der Waals surface area (Å²) >= 11 is 0. The molecule has 0 amide bonds. The van der Waals surface area contributed by atoms with Gasteiger partial charge in [-0.1, -0.05) is 46.6 Å². The summed E-state index contributed by atoms with van der Waals surface area (Å²) in [5.41, 5.74) is 0. The maximum atomic E-state index is 5.81. The van der Waals surface area contributed by atoms with Gasteiger partial charge in [0.15, 0.2) is 0 Å². The fraction of sp³-hybridized carbons (Fsp3) is 0.895. The zero-order valence-electron chi connectivity index (χ0n) is 15.4. The van der Waals surface area contributed by atoms with Gasteiger partial charge >= 0.3 is 0 Å². The third-order valence-electron chi connectivity index (χ3n) is 4.48. The lowest BCUT2D eigenvalue weighted by Crippen LogP contribution is -2.38. The number of ether oxygens (including phenoxy) is 1. The highest BCUT2D eigenvalue weighted by Gasteiger charge is 2.19. The van der Waals surface area contributed by atoms with Gasteiger partial charge in [-0.15, -0.1) is 0 Å². The number of hydrogen-bond donors (Lipinski definition) is 1. The highest BCUT2D eigenvalue weighted by molar-refractivity contribution is 4.93. The molecule has 3 heteroatoms. The normalized spacial score (nSPS) is 21.0. The molecule has 0 bridgehead atoms. The van der Waals surface area contributed by atoms with Gasteiger partial charge in [0.05, 0.1) is 5.82 Å². The third-order valence-corrected chi connectivity index (χ3v) is 4.48. The molecule has 22 heavy (non-hydrogen) atoms. The average molecular weight is 311 g/mol. The molecule has 0 aromatic carbocycles. The zero-order valence-corrected chi connectivity index (χ0v) is 15.4. The van der Waals surface area contributed by atoms with Gasteiger partial charge in [0.1, 0.15) is 0 Å². The molecule has 1 fully saturated rings. The van der Waals surface area contributed by atoms with E-state index in [4.69, 9.17) is 4.74 Å². The molecule has 3 nitrogen and oxygen atoms in total. The quantitative estimate of drug-likeness (QED) is 0.683. The fourth-order valence-electron chi connectivity index (χ4n) is 3.34.